The minimum atomic E-state index is -1.17. The van der Waals surface area contributed by atoms with Crippen molar-refractivity contribution >= 4 is 35.0 Å². The standard InChI is InChI=1S/C35H37FO9/c1-3-4-24-5-7-25(8-6-24)34(39)44-29-14-15-30-27(21-29)11-16-32(31(30)22-37)45-35(40)26-9-12-28(13-10-26)42-19-17-41-18-20-43-33(38)23(2)36/h9-16,21-22,24-25H,2-8,17-20H2,1H3. The van der Waals surface area contributed by atoms with Gasteiger partial charge in [-0.3, -0.25) is 9.59 Å². The molecular formula is C35H37FO9. The molecule has 9 nitrogen and oxygen atoms in total. The molecule has 0 spiro atoms. The summed E-state index contributed by atoms with van der Waals surface area (Å²) in [4.78, 5) is 48.6. The van der Waals surface area contributed by atoms with Gasteiger partial charge in [0.2, 0.25) is 5.83 Å². The zero-order chi connectivity index (χ0) is 32.2. The van der Waals surface area contributed by atoms with E-state index in [1.165, 1.54) is 24.6 Å². The van der Waals surface area contributed by atoms with E-state index in [4.69, 9.17) is 18.9 Å². The number of carbonyl (C=O) groups is 4. The van der Waals surface area contributed by atoms with Gasteiger partial charge in [0.1, 0.15) is 30.5 Å². The molecule has 238 valence electrons. The second-order valence-corrected chi connectivity index (χ2v) is 10.8. The summed E-state index contributed by atoms with van der Waals surface area (Å²) < 4.78 is 39.1. The second kappa shape index (κ2) is 16.5. The number of fused-ring (bicyclic) bond motifs is 1. The number of carbonyl (C=O) groups excluding carboxylic acids is 4. The predicted octanol–water partition coefficient (Wildman–Crippen LogP) is 6.81. The molecule has 0 aromatic heterocycles. The number of hydrogen-bond donors (Lipinski definition) is 0. The van der Waals surface area contributed by atoms with E-state index in [-0.39, 0.29) is 55.2 Å². The zero-order valence-electron chi connectivity index (χ0n) is 25.3. The number of ether oxygens (including phenoxy) is 5. The summed E-state index contributed by atoms with van der Waals surface area (Å²) in [6, 6.07) is 14.5. The fourth-order valence-corrected chi connectivity index (χ4v) is 5.32. The van der Waals surface area contributed by atoms with Crippen LogP contribution >= 0.6 is 0 Å². The molecule has 0 heterocycles. The molecule has 0 N–H and O–H groups in total. The number of hydrogen-bond acceptors (Lipinski definition) is 9. The summed E-state index contributed by atoms with van der Waals surface area (Å²) in [6.07, 6.45) is 6.78. The lowest BCUT2D eigenvalue weighted by molar-refractivity contribution is -0.142. The Morgan fingerprint density at radius 1 is 0.889 bits per heavy atom. The van der Waals surface area contributed by atoms with Crippen molar-refractivity contribution < 1.29 is 47.3 Å². The molecule has 0 bridgehead atoms. The van der Waals surface area contributed by atoms with E-state index in [9.17, 15) is 23.6 Å². The first-order valence-corrected chi connectivity index (χ1v) is 15.1. The molecule has 4 rings (SSSR count). The van der Waals surface area contributed by atoms with Gasteiger partial charge in [0.15, 0.2) is 6.29 Å². The van der Waals surface area contributed by atoms with Crippen LogP contribution in [0.3, 0.4) is 0 Å². The SMILES string of the molecule is C=C(F)C(=O)OCCOCCOc1ccc(C(=O)Oc2ccc3cc(OC(=O)C4CCC(CCC)CC4)ccc3c2C=O)cc1. The lowest BCUT2D eigenvalue weighted by Crippen LogP contribution is -2.25. The topological polar surface area (TPSA) is 114 Å². The van der Waals surface area contributed by atoms with E-state index >= 15 is 0 Å². The van der Waals surface area contributed by atoms with Gasteiger partial charge in [0.05, 0.1) is 30.3 Å². The van der Waals surface area contributed by atoms with Crippen molar-refractivity contribution in [2.45, 2.75) is 45.4 Å². The molecule has 1 aliphatic carbocycles. The van der Waals surface area contributed by atoms with Gasteiger partial charge in [-0.2, -0.15) is 4.39 Å². The molecule has 3 aromatic carbocycles. The molecule has 1 saturated carbocycles. The maximum absolute atomic E-state index is 12.8. The molecule has 0 radical (unpaired) electrons. The van der Waals surface area contributed by atoms with Gasteiger partial charge in [0.25, 0.3) is 0 Å². The normalized spacial score (nSPS) is 16.0. The van der Waals surface area contributed by atoms with E-state index in [1.54, 1.807) is 36.4 Å². The van der Waals surface area contributed by atoms with Crippen molar-refractivity contribution in [2.75, 3.05) is 26.4 Å². The van der Waals surface area contributed by atoms with Crippen LogP contribution in [0, 0.1) is 11.8 Å². The first-order chi connectivity index (χ1) is 21.8. The van der Waals surface area contributed by atoms with Crippen LogP contribution in [0.1, 0.15) is 66.2 Å². The van der Waals surface area contributed by atoms with Gasteiger partial charge < -0.3 is 23.7 Å². The molecule has 0 saturated heterocycles. The van der Waals surface area contributed by atoms with Gasteiger partial charge >= 0.3 is 17.9 Å². The molecule has 0 atom stereocenters. The van der Waals surface area contributed by atoms with Crippen LogP contribution in [0.15, 0.2) is 67.0 Å². The number of aldehydes is 1. The van der Waals surface area contributed by atoms with Crippen LogP contribution < -0.4 is 14.2 Å². The average molecular weight is 621 g/mol. The highest BCUT2D eigenvalue weighted by molar-refractivity contribution is 6.03. The van der Waals surface area contributed by atoms with E-state index in [0.29, 0.717) is 34.5 Å². The largest absolute Gasteiger partial charge is 0.491 e. The van der Waals surface area contributed by atoms with E-state index in [1.807, 2.05) is 0 Å². The highest BCUT2D eigenvalue weighted by atomic mass is 19.1. The molecule has 10 heteroatoms. The van der Waals surface area contributed by atoms with Gasteiger partial charge in [0, 0.05) is 0 Å². The Balaban J connectivity index is 1.28. The Bertz CT molecular complexity index is 1510. The number of halogens is 1. The Hall–Kier alpha value is -4.57. The van der Waals surface area contributed by atoms with Crippen molar-refractivity contribution in [3.63, 3.8) is 0 Å². The lowest BCUT2D eigenvalue weighted by Gasteiger charge is -2.26. The Labute approximate surface area is 261 Å². The van der Waals surface area contributed by atoms with E-state index in [0.717, 1.165) is 32.1 Å². The molecular weight excluding hydrogens is 583 g/mol. The van der Waals surface area contributed by atoms with Crippen LogP contribution in [0.4, 0.5) is 4.39 Å². The van der Waals surface area contributed by atoms with Crippen LogP contribution in [-0.2, 0) is 19.1 Å². The molecule has 45 heavy (non-hydrogen) atoms. The van der Waals surface area contributed by atoms with Crippen molar-refractivity contribution in [1.29, 1.82) is 0 Å². The third-order valence-electron chi connectivity index (χ3n) is 7.68. The molecule has 3 aromatic rings. The summed E-state index contributed by atoms with van der Waals surface area (Å²) in [5, 5.41) is 1.23. The molecule has 0 amide bonds. The van der Waals surface area contributed by atoms with Gasteiger partial charge in [-0.1, -0.05) is 32.4 Å². The Morgan fingerprint density at radius 2 is 1.60 bits per heavy atom. The van der Waals surface area contributed by atoms with Gasteiger partial charge in [-0.05, 0) is 90.9 Å². The summed E-state index contributed by atoms with van der Waals surface area (Å²) in [7, 11) is 0. The van der Waals surface area contributed by atoms with Crippen LogP contribution in [-0.4, -0.2) is 50.6 Å². The second-order valence-electron chi connectivity index (χ2n) is 10.8. The quantitative estimate of drug-likeness (QED) is 0.0595. The molecule has 1 fully saturated rings. The smallest absolute Gasteiger partial charge is 0.366 e. The minimum absolute atomic E-state index is 0.0688. The minimum Gasteiger partial charge on any atom is -0.491 e. The summed E-state index contributed by atoms with van der Waals surface area (Å²) in [6.45, 7) is 5.36. The monoisotopic (exact) mass is 620 g/mol. The van der Waals surface area contributed by atoms with Gasteiger partial charge in [-0.15, -0.1) is 0 Å². The maximum Gasteiger partial charge on any atom is 0.366 e. The molecule has 1 aliphatic rings. The highest BCUT2D eigenvalue weighted by Gasteiger charge is 2.27. The zero-order valence-corrected chi connectivity index (χ0v) is 25.3. The fourth-order valence-electron chi connectivity index (χ4n) is 5.32. The lowest BCUT2D eigenvalue weighted by atomic mass is 9.80. The first-order valence-electron chi connectivity index (χ1n) is 15.1. The number of benzene rings is 3. The fraction of sp³-hybridized carbons (Fsp3) is 0.371. The van der Waals surface area contributed by atoms with Crippen LogP contribution in [0.5, 0.6) is 17.2 Å². The predicted molar refractivity (Wildman–Crippen MR) is 164 cm³/mol. The summed E-state index contributed by atoms with van der Waals surface area (Å²) in [5.41, 5.74) is 0.454. The van der Waals surface area contributed by atoms with E-state index in [2.05, 4.69) is 18.2 Å². The number of esters is 3. The Morgan fingerprint density at radius 3 is 2.29 bits per heavy atom. The maximum atomic E-state index is 12.8. The van der Waals surface area contributed by atoms with E-state index < -0.39 is 17.8 Å². The van der Waals surface area contributed by atoms with Crippen molar-refractivity contribution in [3.8, 4) is 17.2 Å². The van der Waals surface area contributed by atoms with Crippen LogP contribution in [0.25, 0.3) is 10.8 Å². The summed E-state index contributed by atoms with van der Waals surface area (Å²) in [5.74, 6) is -1.59. The van der Waals surface area contributed by atoms with Crippen molar-refractivity contribution in [1.82, 2.24) is 0 Å². The van der Waals surface area contributed by atoms with Gasteiger partial charge in [-0.25, -0.2) is 9.59 Å². The summed E-state index contributed by atoms with van der Waals surface area (Å²) >= 11 is 0. The third kappa shape index (κ3) is 9.46. The third-order valence-corrected chi connectivity index (χ3v) is 7.68. The van der Waals surface area contributed by atoms with Crippen molar-refractivity contribution in [2.24, 2.45) is 11.8 Å². The van der Waals surface area contributed by atoms with Crippen molar-refractivity contribution in [3.05, 3.63) is 78.1 Å². The first kappa shape index (κ1) is 33.3. The average Bonchev–Trinajstić information content (AvgIpc) is 3.04. The Kier molecular flexibility index (Phi) is 12.2. The van der Waals surface area contributed by atoms with Crippen LogP contribution in [0.2, 0.25) is 0 Å². The molecule has 0 unspecified atom stereocenters. The highest BCUT2D eigenvalue weighted by Crippen LogP contribution is 2.34. The molecule has 0 aliphatic heterocycles. The number of rotatable bonds is 15.